The summed E-state index contributed by atoms with van der Waals surface area (Å²) in [5.74, 6) is -0.803. The zero-order valence-electron chi connectivity index (χ0n) is 16.2. The molecule has 1 amide bonds. The molecule has 3 aromatic rings. The molecule has 1 unspecified atom stereocenters. The second kappa shape index (κ2) is 8.38. The fraction of sp³-hybridized carbons (Fsp3) is 0.120. The highest BCUT2D eigenvalue weighted by Gasteiger charge is 2.50. The monoisotopic (exact) mass is 461 g/mol. The Morgan fingerprint density at radius 3 is 2.37 bits per heavy atom. The van der Waals surface area contributed by atoms with Crippen molar-refractivity contribution in [1.29, 1.82) is 0 Å². The molecular weight excluding hydrogens is 442 g/mol. The van der Waals surface area contributed by atoms with E-state index in [9.17, 15) is 14.7 Å². The van der Waals surface area contributed by atoms with Crippen LogP contribution in [-0.4, -0.2) is 16.8 Å². The van der Waals surface area contributed by atoms with Gasteiger partial charge in [0.1, 0.15) is 0 Å². The van der Waals surface area contributed by atoms with Gasteiger partial charge in [-0.1, -0.05) is 82.7 Å². The molecule has 0 bridgehead atoms. The van der Waals surface area contributed by atoms with Crippen molar-refractivity contribution in [2.75, 3.05) is 4.90 Å². The second-order valence-electron chi connectivity index (χ2n) is 7.29. The van der Waals surface area contributed by atoms with E-state index >= 15 is 0 Å². The maximum atomic E-state index is 13.3. The normalized spacial score (nSPS) is 18.1. The molecule has 0 radical (unpaired) electrons. The van der Waals surface area contributed by atoms with Crippen molar-refractivity contribution in [1.82, 2.24) is 0 Å². The van der Waals surface area contributed by atoms with Gasteiger partial charge in [0.05, 0.1) is 18.7 Å². The van der Waals surface area contributed by atoms with Crippen molar-refractivity contribution in [3.05, 3.63) is 106 Å². The summed E-state index contributed by atoms with van der Waals surface area (Å²) in [6.07, 6.45) is 2.79. The third-order valence-electron chi connectivity index (χ3n) is 5.17. The van der Waals surface area contributed by atoms with Crippen LogP contribution in [0.25, 0.3) is 6.08 Å². The number of halogens is 1. The quantitative estimate of drug-likeness (QED) is 0.533. The maximum Gasteiger partial charge on any atom is 0.264 e. The van der Waals surface area contributed by atoms with E-state index in [1.165, 1.54) is 6.08 Å². The molecule has 0 fully saturated rings. The van der Waals surface area contributed by atoms with E-state index in [2.05, 4.69) is 15.9 Å². The molecule has 0 aromatic heterocycles. The zero-order valence-corrected chi connectivity index (χ0v) is 17.7. The number of ketones is 1. The molecular formula is C25H20BrNO3. The van der Waals surface area contributed by atoms with Gasteiger partial charge in [-0.25, -0.2) is 0 Å². The van der Waals surface area contributed by atoms with Crippen LogP contribution in [0.4, 0.5) is 5.69 Å². The minimum atomic E-state index is -1.90. The van der Waals surface area contributed by atoms with E-state index in [0.717, 1.165) is 15.6 Å². The Morgan fingerprint density at radius 2 is 1.67 bits per heavy atom. The number of amides is 1. The number of nitrogens with zero attached hydrogens (tertiary/aromatic N) is 1. The molecule has 3 aromatic carbocycles. The van der Waals surface area contributed by atoms with Crippen molar-refractivity contribution >= 4 is 39.4 Å². The number of aliphatic hydroxyl groups is 1. The molecule has 150 valence electrons. The average molecular weight is 462 g/mol. The molecule has 5 heteroatoms. The van der Waals surface area contributed by atoms with Gasteiger partial charge in [-0.15, -0.1) is 0 Å². The first kappa shape index (κ1) is 20.3. The van der Waals surface area contributed by atoms with Crippen LogP contribution in [0, 0.1) is 0 Å². The summed E-state index contributed by atoms with van der Waals surface area (Å²) in [4.78, 5) is 27.5. The van der Waals surface area contributed by atoms with Crippen LogP contribution in [0.1, 0.15) is 23.1 Å². The molecule has 30 heavy (non-hydrogen) atoms. The number of fused-ring (bicyclic) bond motifs is 1. The number of hydrogen-bond acceptors (Lipinski definition) is 3. The van der Waals surface area contributed by atoms with Crippen molar-refractivity contribution in [2.24, 2.45) is 0 Å². The third kappa shape index (κ3) is 3.99. The number of hydrogen-bond donors (Lipinski definition) is 1. The van der Waals surface area contributed by atoms with Crippen LogP contribution in [-0.2, 0) is 21.7 Å². The first-order valence-corrected chi connectivity index (χ1v) is 10.4. The number of rotatable bonds is 6. The zero-order chi connectivity index (χ0) is 21.1. The number of carbonyl (C=O) groups is 2. The molecule has 0 spiro atoms. The lowest BCUT2D eigenvalue weighted by Gasteiger charge is -2.22. The highest BCUT2D eigenvalue weighted by atomic mass is 79.9. The van der Waals surface area contributed by atoms with E-state index in [1.807, 2.05) is 66.7 Å². The van der Waals surface area contributed by atoms with Gasteiger partial charge in [-0.2, -0.15) is 0 Å². The number of allylic oxidation sites excluding steroid dienone is 1. The number of carbonyl (C=O) groups excluding carboxylic acids is 2. The van der Waals surface area contributed by atoms with Gasteiger partial charge in [0.15, 0.2) is 11.4 Å². The topological polar surface area (TPSA) is 57.6 Å². The maximum absolute atomic E-state index is 13.3. The standard InChI is InChI=1S/C25H20BrNO3/c26-20-12-14-23-22(15-20)25(30,16-21(28)13-11-18-7-3-1-4-8-18)24(29)27(23)17-19-9-5-2-6-10-19/h1-15,30H,16-17H2. The van der Waals surface area contributed by atoms with Crippen LogP contribution in [0.3, 0.4) is 0 Å². The molecule has 4 nitrogen and oxygen atoms in total. The van der Waals surface area contributed by atoms with Gasteiger partial charge in [-0.3, -0.25) is 9.59 Å². The van der Waals surface area contributed by atoms with Gasteiger partial charge in [-0.05, 0) is 35.4 Å². The molecule has 0 aliphatic carbocycles. The summed E-state index contributed by atoms with van der Waals surface area (Å²) in [5, 5.41) is 11.4. The summed E-state index contributed by atoms with van der Waals surface area (Å²) in [6, 6.07) is 24.3. The minimum Gasteiger partial charge on any atom is -0.375 e. The van der Waals surface area contributed by atoms with Crippen LogP contribution >= 0.6 is 15.9 Å². The Morgan fingerprint density at radius 1 is 1.00 bits per heavy atom. The third-order valence-corrected chi connectivity index (χ3v) is 5.66. The van der Waals surface area contributed by atoms with E-state index in [-0.39, 0.29) is 12.2 Å². The lowest BCUT2D eigenvalue weighted by Crippen LogP contribution is -2.41. The highest BCUT2D eigenvalue weighted by Crippen LogP contribution is 2.44. The van der Waals surface area contributed by atoms with Crippen LogP contribution in [0.5, 0.6) is 0 Å². The first-order valence-electron chi connectivity index (χ1n) is 9.62. The second-order valence-corrected chi connectivity index (χ2v) is 8.20. The van der Waals surface area contributed by atoms with E-state index in [4.69, 9.17) is 0 Å². The summed E-state index contributed by atoms with van der Waals surface area (Å²) < 4.78 is 0.737. The summed E-state index contributed by atoms with van der Waals surface area (Å²) in [6.45, 7) is 0.324. The Labute approximate surface area is 183 Å². The first-order chi connectivity index (χ1) is 14.5. The largest absolute Gasteiger partial charge is 0.375 e. The van der Waals surface area contributed by atoms with Gasteiger partial charge in [0.25, 0.3) is 5.91 Å². The molecule has 4 rings (SSSR count). The Kier molecular flexibility index (Phi) is 5.66. The summed E-state index contributed by atoms with van der Waals surface area (Å²) in [7, 11) is 0. The van der Waals surface area contributed by atoms with Crippen molar-refractivity contribution in [2.45, 2.75) is 18.6 Å². The SMILES string of the molecule is O=C(C=Cc1ccccc1)CC1(O)C(=O)N(Cc2ccccc2)c2ccc(Br)cc21. The molecule has 1 N–H and O–H groups in total. The molecule has 0 saturated carbocycles. The molecule has 1 atom stereocenters. The molecule has 1 aliphatic heterocycles. The Hall–Kier alpha value is -3.02. The predicted molar refractivity (Wildman–Crippen MR) is 121 cm³/mol. The van der Waals surface area contributed by atoms with E-state index < -0.39 is 11.5 Å². The lowest BCUT2D eigenvalue weighted by atomic mass is 9.89. The van der Waals surface area contributed by atoms with Crippen molar-refractivity contribution in [3.63, 3.8) is 0 Å². The fourth-order valence-electron chi connectivity index (χ4n) is 3.68. The number of benzene rings is 3. The number of anilines is 1. The lowest BCUT2D eigenvalue weighted by molar-refractivity contribution is -0.140. The van der Waals surface area contributed by atoms with E-state index in [0.29, 0.717) is 17.8 Å². The summed E-state index contributed by atoms with van der Waals surface area (Å²) in [5.41, 5.74) is 0.990. The molecule has 1 heterocycles. The van der Waals surface area contributed by atoms with E-state index in [1.54, 1.807) is 23.1 Å². The van der Waals surface area contributed by atoms with Crippen molar-refractivity contribution in [3.8, 4) is 0 Å². The predicted octanol–water partition coefficient (Wildman–Crippen LogP) is 4.86. The van der Waals surface area contributed by atoms with Gasteiger partial charge in [0.2, 0.25) is 0 Å². The summed E-state index contributed by atoms with van der Waals surface area (Å²) >= 11 is 3.41. The van der Waals surface area contributed by atoms with Crippen molar-refractivity contribution < 1.29 is 14.7 Å². The fourth-order valence-corrected chi connectivity index (χ4v) is 4.04. The smallest absolute Gasteiger partial charge is 0.264 e. The highest BCUT2D eigenvalue weighted by molar-refractivity contribution is 9.10. The Bertz CT molecular complexity index is 1110. The Balaban J connectivity index is 1.63. The van der Waals surface area contributed by atoms with Crippen LogP contribution < -0.4 is 4.90 Å². The minimum absolute atomic E-state index is 0.316. The van der Waals surface area contributed by atoms with Gasteiger partial charge >= 0.3 is 0 Å². The average Bonchev–Trinajstić information content (AvgIpc) is 2.95. The van der Waals surface area contributed by atoms with Gasteiger partial charge in [0, 0.05) is 10.0 Å². The molecule has 1 aliphatic rings. The van der Waals surface area contributed by atoms with Crippen LogP contribution in [0.2, 0.25) is 0 Å². The van der Waals surface area contributed by atoms with Gasteiger partial charge < -0.3 is 10.0 Å². The van der Waals surface area contributed by atoms with Crippen LogP contribution in [0.15, 0.2) is 89.4 Å². The molecule has 0 saturated heterocycles.